The van der Waals surface area contributed by atoms with Gasteiger partial charge in [-0.05, 0) is 12.3 Å². The van der Waals surface area contributed by atoms with Crippen LogP contribution in [0.5, 0.6) is 0 Å². The van der Waals surface area contributed by atoms with E-state index in [0.29, 0.717) is 0 Å². The van der Waals surface area contributed by atoms with Gasteiger partial charge in [-0.2, -0.15) is 0 Å². The minimum atomic E-state index is 0.104. The molecule has 0 bridgehead atoms. The largest absolute Gasteiger partial charge is 0.356 e. The molecular formula is C15H29NO. The van der Waals surface area contributed by atoms with Gasteiger partial charge in [0.2, 0.25) is 5.91 Å². The smallest absolute Gasteiger partial charge is 0.216 e. The Bertz CT molecular complexity index is 193. The molecule has 0 aromatic rings. The van der Waals surface area contributed by atoms with E-state index in [1.54, 1.807) is 6.92 Å². The topological polar surface area (TPSA) is 29.1 Å². The van der Waals surface area contributed by atoms with Crippen LogP contribution >= 0.6 is 0 Å². The van der Waals surface area contributed by atoms with E-state index in [1.807, 2.05) is 0 Å². The summed E-state index contributed by atoms with van der Waals surface area (Å²) in [5.74, 6) is 1.07. The fraction of sp³-hybridized carbons (Fsp3) is 0.933. The van der Waals surface area contributed by atoms with Crippen LogP contribution in [0.25, 0.3) is 0 Å². The molecule has 1 aliphatic rings. The lowest BCUT2D eigenvalue weighted by atomic mass is 9.92. The molecule has 0 atom stereocenters. The van der Waals surface area contributed by atoms with E-state index in [-0.39, 0.29) is 5.91 Å². The summed E-state index contributed by atoms with van der Waals surface area (Å²) in [6, 6.07) is 0. The average Bonchev–Trinajstić information content (AvgIpc) is 2.42. The molecule has 1 amide bonds. The van der Waals surface area contributed by atoms with Crippen molar-refractivity contribution in [1.29, 1.82) is 0 Å². The summed E-state index contributed by atoms with van der Waals surface area (Å²) >= 11 is 0. The number of unbranched alkanes of at least 4 members (excludes halogenated alkanes) is 1. The minimum absolute atomic E-state index is 0.104. The number of rotatable bonds is 5. The first-order valence-electron chi connectivity index (χ1n) is 7.53. The van der Waals surface area contributed by atoms with Crippen LogP contribution < -0.4 is 5.32 Å². The quantitative estimate of drug-likeness (QED) is 0.721. The molecule has 0 spiro atoms. The van der Waals surface area contributed by atoms with Crippen molar-refractivity contribution in [2.75, 3.05) is 6.54 Å². The normalized spacial score (nSPS) is 19.1. The van der Waals surface area contributed by atoms with E-state index in [4.69, 9.17) is 0 Å². The van der Waals surface area contributed by atoms with Crippen molar-refractivity contribution in [2.24, 2.45) is 5.92 Å². The van der Waals surface area contributed by atoms with Gasteiger partial charge >= 0.3 is 0 Å². The van der Waals surface area contributed by atoms with Gasteiger partial charge in [0, 0.05) is 13.5 Å². The zero-order valence-corrected chi connectivity index (χ0v) is 11.5. The molecule has 0 saturated heterocycles. The van der Waals surface area contributed by atoms with Crippen LogP contribution in [-0.2, 0) is 4.79 Å². The predicted molar refractivity (Wildman–Crippen MR) is 73.0 cm³/mol. The van der Waals surface area contributed by atoms with Gasteiger partial charge in [-0.3, -0.25) is 4.79 Å². The minimum Gasteiger partial charge on any atom is -0.356 e. The maximum atomic E-state index is 10.7. The standard InChI is InChI=1S/C15H29NO/c1-14(17)16-13-9-8-12-15-10-6-4-2-3-5-7-11-15/h15H,2-13H2,1H3,(H,16,17). The Morgan fingerprint density at radius 1 is 1.00 bits per heavy atom. The summed E-state index contributed by atoms with van der Waals surface area (Å²) in [5.41, 5.74) is 0. The number of hydrogen-bond acceptors (Lipinski definition) is 1. The van der Waals surface area contributed by atoms with Crippen LogP contribution in [-0.4, -0.2) is 12.5 Å². The first-order chi connectivity index (χ1) is 8.29. The maximum absolute atomic E-state index is 10.7. The Balaban J connectivity index is 2.04. The maximum Gasteiger partial charge on any atom is 0.216 e. The van der Waals surface area contributed by atoms with Crippen LogP contribution in [0.15, 0.2) is 0 Å². The third-order valence-electron chi connectivity index (χ3n) is 3.89. The molecular weight excluding hydrogens is 210 g/mol. The van der Waals surface area contributed by atoms with Gasteiger partial charge in [0.25, 0.3) is 0 Å². The molecule has 0 heterocycles. The molecule has 1 N–H and O–H groups in total. The lowest BCUT2D eigenvalue weighted by molar-refractivity contribution is -0.118. The van der Waals surface area contributed by atoms with E-state index in [0.717, 1.165) is 18.9 Å². The van der Waals surface area contributed by atoms with Gasteiger partial charge < -0.3 is 5.32 Å². The van der Waals surface area contributed by atoms with Gasteiger partial charge in [-0.15, -0.1) is 0 Å². The van der Waals surface area contributed by atoms with Gasteiger partial charge in [0.1, 0.15) is 0 Å². The third-order valence-corrected chi connectivity index (χ3v) is 3.89. The molecule has 0 unspecified atom stereocenters. The van der Waals surface area contributed by atoms with Crippen molar-refractivity contribution in [3.05, 3.63) is 0 Å². The fourth-order valence-corrected chi connectivity index (χ4v) is 2.83. The molecule has 1 rings (SSSR count). The molecule has 1 saturated carbocycles. The average molecular weight is 239 g/mol. The summed E-state index contributed by atoms with van der Waals surface area (Å²) in [6.45, 7) is 2.46. The van der Waals surface area contributed by atoms with Crippen LogP contribution in [0.3, 0.4) is 0 Å². The molecule has 17 heavy (non-hydrogen) atoms. The first-order valence-corrected chi connectivity index (χ1v) is 7.53. The summed E-state index contributed by atoms with van der Waals surface area (Å²) in [5, 5.41) is 2.88. The lowest BCUT2D eigenvalue weighted by Crippen LogP contribution is -2.20. The number of carbonyl (C=O) groups is 1. The highest BCUT2D eigenvalue weighted by molar-refractivity contribution is 5.72. The molecule has 1 fully saturated rings. The second kappa shape index (κ2) is 9.49. The third kappa shape index (κ3) is 8.23. The Hall–Kier alpha value is -0.530. The van der Waals surface area contributed by atoms with Crippen LogP contribution in [0.2, 0.25) is 0 Å². The highest BCUT2D eigenvalue weighted by Gasteiger charge is 2.10. The monoisotopic (exact) mass is 239 g/mol. The first kappa shape index (κ1) is 14.5. The Morgan fingerprint density at radius 3 is 2.18 bits per heavy atom. The Labute approximate surface area is 107 Å². The molecule has 0 aromatic heterocycles. The molecule has 2 heteroatoms. The fourth-order valence-electron chi connectivity index (χ4n) is 2.83. The van der Waals surface area contributed by atoms with Crippen molar-refractivity contribution in [1.82, 2.24) is 5.32 Å². The number of amides is 1. The zero-order valence-electron chi connectivity index (χ0n) is 11.5. The SMILES string of the molecule is CC(=O)NCCCCC1CCCCCCCC1. The number of hydrogen-bond donors (Lipinski definition) is 1. The zero-order chi connectivity index (χ0) is 12.3. The molecule has 2 nitrogen and oxygen atoms in total. The van der Waals surface area contributed by atoms with Crippen LogP contribution in [0.1, 0.15) is 77.6 Å². The Morgan fingerprint density at radius 2 is 1.59 bits per heavy atom. The van der Waals surface area contributed by atoms with Crippen LogP contribution in [0.4, 0.5) is 0 Å². The molecule has 0 radical (unpaired) electrons. The number of nitrogens with one attached hydrogen (secondary N) is 1. The van der Waals surface area contributed by atoms with E-state index in [1.165, 1.54) is 64.2 Å². The van der Waals surface area contributed by atoms with Gasteiger partial charge in [0.05, 0.1) is 0 Å². The summed E-state index contributed by atoms with van der Waals surface area (Å²) < 4.78 is 0. The summed E-state index contributed by atoms with van der Waals surface area (Å²) in [6.07, 6.45) is 15.4. The predicted octanol–water partition coefficient (Wildman–Crippen LogP) is 4.04. The van der Waals surface area contributed by atoms with E-state index >= 15 is 0 Å². The van der Waals surface area contributed by atoms with Crippen molar-refractivity contribution in [3.63, 3.8) is 0 Å². The second-order valence-electron chi connectivity index (χ2n) is 5.54. The van der Waals surface area contributed by atoms with E-state index in [2.05, 4.69) is 5.32 Å². The van der Waals surface area contributed by atoms with Gasteiger partial charge in [-0.1, -0.05) is 64.2 Å². The van der Waals surface area contributed by atoms with Crippen LogP contribution in [0, 0.1) is 5.92 Å². The second-order valence-corrected chi connectivity index (χ2v) is 5.54. The highest BCUT2D eigenvalue weighted by atomic mass is 16.1. The lowest BCUT2D eigenvalue weighted by Gasteiger charge is -2.15. The summed E-state index contributed by atoms with van der Waals surface area (Å²) in [4.78, 5) is 10.7. The molecule has 100 valence electrons. The highest BCUT2D eigenvalue weighted by Crippen LogP contribution is 2.25. The molecule has 1 aliphatic carbocycles. The van der Waals surface area contributed by atoms with Crippen molar-refractivity contribution < 1.29 is 4.79 Å². The van der Waals surface area contributed by atoms with E-state index in [9.17, 15) is 4.79 Å². The van der Waals surface area contributed by atoms with Gasteiger partial charge in [0.15, 0.2) is 0 Å². The summed E-state index contributed by atoms with van der Waals surface area (Å²) in [7, 11) is 0. The van der Waals surface area contributed by atoms with Crippen molar-refractivity contribution in [3.8, 4) is 0 Å². The van der Waals surface area contributed by atoms with Crippen molar-refractivity contribution >= 4 is 5.91 Å². The molecule has 0 aliphatic heterocycles. The number of carbonyl (C=O) groups excluding carboxylic acids is 1. The van der Waals surface area contributed by atoms with Gasteiger partial charge in [-0.25, -0.2) is 0 Å². The molecule has 0 aromatic carbocycles. The Kier molecular flexibility index (Phi) is 8.12. The van der Waals surface area contributed by atoms with E-state index < -0.39 is 0 Å². The van der Waals surface area contributed by atoms with Crippen molar-refractivity contribution in [2.45, 2.75) is 77.6 Å².